The molecule has 0 saturated carbocycles. The summed E-state index contributed by atoms with van der Waals surface area (Å²) in [5.41, 5.74) is 4.03. The Bertz CT molecular complexity index is 940. The van der Waals surface area contributed by atoms with Crippen molar-refractivity contribution in [2.75, 3.05) is 20.1 Å². The second kappa shape index (κ2) is 9.28. The molecule has 0 aliphatic carbocycles. The molecule has 1 N–H and O–H groups in total. The number of amides is 1. The number of aryl methyl sites for hydroxylation is 2. The molecular formula is C21H28Cl2N4O2. The van der Waals surface area contributed by atoms with E-state index in [-0.39, 0.29) is 41.8 Å². The van der Waals surface area contributed by atoms with Crippen LogP contribution in [0.2, 0.25) is 0 Å². The Hall–Kier alpha value is -1.89. The van der Waals surface area contributed by atoms with Crippen molar-refractivity contribution in [3.63, 3.8) is 0 Å². The van der Waals surface area contributed by atoms with E-state index in [4.69, 9.17) is 0 Å². The van der Waals surface area contributed by atoms with E-state index >= 15 is 0 Å². The van der Waals surface area contributed by atoms with Gasteiger partial charge in [-0.2, -0.15) is 0 Å². The van der Waals surface area contributed by atoms with E-state index < -0.39 is 0 Å². The van der Waals surface area contributed by atoms with Crippen molar-refractivity contribution in [1.29, 1.82) is 0 Å². The lowest BCUT2D eigenvalue weighted by atomic mass is 9.84. The van der Waals surface area contributed by atoms with Crippen molar-refractivity contribution in [2.45, 2.75) is 39.3 Å². The van der Waals surface area contributed by atoms with E-state index in [1.54, 1.807) is 18.0 Å². The predicted molar refractivity (Wildman–Crippen MR) is 118 cm³/mol. The van der Waals surface area contributed by atoms with Crippen molar-refractivity contribution in [3.8, 4) is 0 Å². The van der Waals surface area contributed by atoms with Crippen molar-refractivity contribution in [3.05, 3.63) is 62.8 Å². The molecular weight excluding hydrogens is 411 g/mol. The first kappa shape index (κ1) is 23.4. The lowest BCUT2D eigenvalue weighted by Gasteiger charge is -2.37. The first-order chi connectivity index (χ1) is 12.9. The van der Waals surface area contributed by atoms with Gasteiger partial charge in [-0.3, -0.25) is 14.6 Å². The fourth-order valence-electron chi connectivity index (χ4n) is 4.48. The third-order valence-electron chi connectivity index (χ3n) is 5.64. The molecule has 2 bridgehead atoms. The van der Waals surface area contributed by atoms with Crippen LogP contribution in [0, 0.1) is 19.8 Å². The second-order valence-corrected chi connectivity index (χ2v) is 7.98. The van der Waals surface area contributed by atoms with Crippen LogP contribution in [0.25, 0.3) is 0 Å². The van der Waals surface area contributed by atoms with Crippen LogP contribution in [0.1, 0.15) is 45.3 Å². The normalized spacial score (nSPS) is 19.4. The smallest absolute Gasteiger partial charge is 0.263 e. The lowest BCUT2D eigenvalue weighted by Crippen LogP contribution is -2.46. The Morgan fingerprint density at radius 3 is 2.72 bits per heavy atom. The number of fused-ring (bicyclic) bond motifs is 4. The zero-order chi connectivity index (χ0) is 19.1. The molecule has 4 rings (SSSR count). The van der Waals surface area contributed by atoms with Crippen LogP contribution < -0.4 is 10.9 Å². The minimum absolute atomic E-state index is 0. The topological polar surface area (TPSA) is 67.2 Å². The molecule has 0 unspecified atom stereocenters. The van der Waals surface area contributed by atoms with Gasteiger partial charge in [0.15, 0.2) is 0 Å². The molecule has 2 aromatic rings. The molecule has 2 atom stereocenters. The Labute approximate surface area is 183 Å². The predicted octanol–water partition coefficient (Wildman–Crippen LogP) is 2.68. The van der Waals surface area contributed by atoms with Gasteiger partial charge in [0.05, 0.1) is 12.2 Å². The van der Waals surface area contributed by atoms with Gasteiger partial charge in [0.1, 0.15) is 5.56 Å². The molecule has 1 fully saturated rings. The molecule has 0 radical (unpaired) electrons. The summed E-state index contributed by atoms with van der Waals surface area (Å²) in [5, 5.41) is 3.44. The van der Waals surface area contributed by atoms with Crippen molar-refractivity contribution in [2.24, 2.45) is 5.92 Å². The van der Waals surface area contributed by atoms with Crippen molar-refractivity contribution in [1.82, 2.24) is 19.8 Å². The fourth-order valence-corrected chi connectivity index (χ4v) is 4.48. The Morgan fingerprint density at radius 1 is 1.24 bits per heavy atom. The molecule has 8 heteroatoms. The number of nitrogens with zero attached hydrogens (tertiary/aromatic N) is 3. The third kappa shape index (κ3) is 4.65. The molecule has 2 aliphatic rings. The molecule has 0 aromatic carbocycles. The summed E-state index contributed by atoms with van der Waals surface area (Å²) >= 11 is 0. The molecule has 2 aliphatic heterocycles. The number of hydrogen-bond acceptors (Lipinski definition) is 4. The fraction of sp³-hybridized carbons (Fsp3) is 0.476. The number of hydrogen-bond donors (Lipinski definition) is 1. The monoisotopic (exact) mass is 438 g/mol. The number of carbonyl (C=O) groups excluding carboxylic acids is 1. The molecule has 1 amide bonds. The van der Waals surface area contributed by atoms with Gasteiger partial charge in [-0.05, 0) is 62.6 Å². The highest BCUT2D eigenvalue weighted by molar-refractivity contribution is 5.93. The Balaban J connectivity index is 0.00000150. The van der Waals surface area contributed by atoms with Crippen molar-refractivity contribution < 1.29 is 4.79 Å². The molecule has 1 saturated heterocycles. The standard InChI is InChI=1S/C21H26N4O2.2ClH/c1-13-6-14(2)23-17(7-13)12-24(3)20(26)18-4-5-19-16-8-15(9-22-10-16)11-25(19)21(18)27;;/h4-7,15-16,22H,8-12H2,1-3H3;2*1H/t15-,16+;;/m0../s1. The number of pyridine rings is 2. The van der Waals surface area contributed by atoms with Gasteiger partial charge in [-0.15, -0.1) is 24.8 Å². The van der Waals surface area contributed by atoms with Crippen LogP contribution in [0.3, 0.4) is 0 Å². The van der Waals surface area contributed by atoms with Crippen LogP contribution in [0.5, 0.6) is 0 Å². The number of carbonyl (C=O) groups is 1. The molecule has 0 spiro atoms. The summed E-state index contributed by atoms with van der Waals surface area (Å²) in [4.78, 5) is 32.1. The maximum Gasteiger partial charge on any atom is 0.263 e. The highest BCUT2D eigenvalue weighted by atomic mass is 35.5. The van der Waals surface area contributed by atoms with E-state index in [9.17, 15) is 9.59 Å². The van der Waals surface area contributed by atoms with Gasteiger partial charge in [0.2, 0.25) is 0 Å². The number of piperidine rings is 1. The molecule has 158 valence electrons. The number of nitrogens with one attached hydrogen (secondary N) is 1. The van der Waals surface area contributed by atoms with Gasteiger partial charge < -0.3 is 14.8 Å². The van der Waals surface area contributed by atoms with Gasteiger partial charge in [-0.25, -0.2) is 0 Å². The first-order valence-electron chi connectivity index (χ1n) is 9.56. The van der Waals surface area contributed by atoms with Crippen molar-refractivity contribution >= 4 is 30.7 Å². The average molecular weight is 439 g/mol. The zero-order valence-electron chi connectivity index (χ0n) is 17.0. The maximum absolute atomic E-state index is 13.0. The maximum atomic E-state index is 13.0. The number of aromatic nitrogens is 2. The van der Waals surface area contributed by atoms with Gasteiger partial charge >= 0.3 is 0 Å². The van der Waals surface area contributed by atoms with E-state index in [0.29, 0.717) is 24.9 Å². The Kier molecular flexibility index (Phi) is 7.49. The Morgan fingerprint density at radius 2 is 2.00 bits per heavy atom. The highest BCUT2D eigenvalue weighted by Gasteiger charge is 2.32. The van der Waals surface area contributed by atoms with Gasteiger partial charge in [-0.1, -0.05) is 0 Å². The average Bonchev–Trinajstić information content (AvgIpc) is 2.61. The summed E-state index contributed by atoms with van der Waals surface area (Å²) in [7, 11) is 1.73. The molecule has 6 nitrogen and oxygen atoms in total. The quantitative estimate of drug-likeness (QED) is 0.799. The SMILES string of the molecule is Cc1cc(C)nc(CN(C)C(=O)c2ccc3n(c2=O)C[C@@H]2CNC[C@H]3C2)c1.Cl.Cl. The summed E-state index contributed by atoms with van der Waals surface area (Å²) in [6, 6.07) is 7.65. The first-order valence-corrected chi connectivity index (χ1v) is 9.56. The van der Waals surface area contributed by atoms with Crippen LogP contribution in [-0.4, -0.2) is 40.5 Å². The zero-order valence-corrected chi connectivity index (χ0v) is 18.6. The largest absolute Gasteiger partial charge is 0.336 e. The number of halogens is 2. The van der Waals surface area contributed by atoms with Gasteiger partial charge in [0, 0.05) is 37.4 Å². The summed E-state index contributed by atoms with van der Waals surface area (Å²) in [6.45, 7) is 6.89. The van der Waals surface area contributed by atoms with Crippen LogP contribution in [-0.2, 0) is 13.1 Å². The highest BCUT2D eigenvalue weighted by Crippen LogP contribution is 2.31. The second-order valence-electron chi connectivity index (χ2n) is 7.98. The minimum atomic E-state index is -0.245. The summed E-state index contributed by atoms with van der Waals surface area (Å²) < 4.78 is 1.83. The van der Waals surface area contributed by atoms with Crippen LogP contribution in [0.4, 0.5) is 0 Å². The van der Waals surface area contributed by atoms with E-state index in [1.807, 2.05) is 36.6 Å². The summed E-state index contributed by atoms with van der Waals surface area (Å²) in [5.74, 6) is 0.591. The lowest BCUT2D eigenvalue weighted by molar-refractivity contribution is 0.0780. The van der Waals surface area contributed by atoms with E-state index in [2.05, 4.69) is 10.3 Å². The molecule has 4 heterocycles. The van der Waals surface area contributed by atoms with Gasteiger partial charge in [0.25, 0.3) is 11.5 Å². The van der Waals surface area contributed by atoms with E-state index in [0.717, 1.165) is 42.2 Å². The molecule has 2 aromatic heterocycles. The van der Waals surface area contributed by atoms with E-state index in [1.165, 1.54) is 0 Å². The van der Waals surface area contributed by atoms with Crippen LogP contribution >= 0.6 is 24.8 Å². The third-order valence-corrected chi connectivity index (χ3v) is 5.64. The summed E-state index contributed by atoms with van der Waals surface area (Å²) in [6.07, 6.45) is 1.12. The molecule has 29 heavy (non-hydrogen) atoms. The number of rotatable bonds is 3. The minimum Gasteiger partial charge on any atom is -0.336 e. The van der Waals surface area contributed by atoms with Crippen LogP contribution in [0.15, 0.2) is 29.1 Å².